The average Bonchev–Trinajstić information content (AvgIpc) is 2.55. The van der Waals surface area contributed by atoms with Gasteiger partial charge in [0.25, 0.3) is 5.56 Å². The minimum atomic E-state index is -0.497. The molecule has 0 radical (unpaired) electrons. The molecule has 0 spiro atoms. The Hall–Kier alpha value is -3.15. The fourth-order valence-corrected chi connectivity index (χ4v) is 2.58. The molecule has 0 saturated carbocycles. The van der Waals surface area contributed by atoms with Crippen molar-refractivity contribution in [3.8, 4) is 0 Å². The van der Waals surface area contributed by atoms with E-state index in [1.165, 1.54) is 17.0 Å². The monoisotopic (exact) mass is 323 g/mol. The fraction of sp³-hybridized carbons (Fsp3) is 0.167. The molecule has 122 valence electrons. The van der Waals surface area contributed by atoms with Crippen molar-refractivity contribution in [2.24, 2.45) is 4.99 Å². The van der Waals surface area contributed by atoms with Crippen molar-refractivity contribution in [3.63, 3.8) is 0 Å². The van der Waals surface area contributed by atoms with Crippen LogP contribution in [0.4, 0.5) is 5.69 Å². The summed E-state index contributed by atoms with van der Waals surface area (Å²) in [6, 6.07) is 8.63. The molecule has 0 unspecified atom stereocenters. The molecule has 2 aromatic heterocycles. The van der Waals surface area contributed by atoms with Gasteiger partial charge in [-0.2, -0.15) is 0 Å². The Kier molecular flexibility index (Phi) is 4.04. The maximum absolute atomic E-state index is 12.8. The van der Waals surface area contributed by atoms with Crippen LogP contribution in [0.1, 0.15) is 0 Å². The molecule has 0 aliphatic heterocycles. The van der Waals surface area contributed by atoms with Crippen LogP contribution in [0.15, 0.2) is 62.0 Å². The minimum Gasteiger partial charge on any atom is -0.422 e. The van der Waals surface area contributed by atoms with Gasteiger partial charge in [0.05, 0.1) is 17.2 Å². The zero-order valence-corrected chi connectivity index (χ0v) is 13.5. The topological polar surface area (TPSA) is 67.8 Å². The summed E-state index contributed by atoms with van der Waals surface area (Å²) in [6.45, 7) is 3.97. The predicted octanol–water partition coefficient (Wildman–Crippen LogP) is 2.52. The summed E-state index contributed by atoms with van der Waals surface area (Å²) in [7, 11) is 3.60. The van der Waals surface area contributed by atoms with Gasteiger partial charge in [-0.05, 0) is 18.2 Å². The van der Waals surface area contributed by atoms with E-state index in [0.29, 0.717) is 21.9 Å². The Morgan fingerprint density at radius 2 is 2.00 bits per heavy atom. The van der Waals surface area contributed by atoms with Gasteiger partial charge in [-0.3, -0.25) is 4.79 Å². The lowest BCUT2D eigenvalue weighted by Crippen LogP contribution is -2.22. The van der Waals surface area contributed by atoms with E-state index in [0.717, 1.165) is 0 Å². The quantitative estimate of drug-likeness (QED) is 0.243. The predicted molar refractivity (Wildman–Crippen MR) is 96.3 cm³/mol. The number of allylic oxidation sites excluding steroid dienone is 1. The molecule has 3 rings (SSSR count). The lowest BCUT2D eigenvalue weighted by Gasteiger charge is -2.11. The van der Waals surface area contributed by atoms with Crippen LogP contribution in [0.2, 0.25) is 0 Å². The Morgan fingerprint density at radius 1 is 1.25 bits per heavy atom. The maximum Gasteiger partial charge on any atom is 0.345 e. The molecule has 6 heteroatoms. The number of aromatic nitrogens is 1. The molecule has 3 aromatic rings. The molecule has 6 nitrogen and oxygen atoms in total. The van der Waals surface area contributed by atoms with E-state index >= 15 is 0 Å². The summed E-state index contributed by atoms with van der Waals surface area (Å²) in [4.78, 5) is 31.1. The number of rotatable bonds is 4. The number of para-hydroxylation sites is 1. The molecule has 2 heterocycles. The van der Waals surface area contributed by atoms with Gasteiger partial charge < -0.3 is 13.9 Å². The maximum atomic E-state index is 12.8. The first kappa shape index (κ1) is 15.7. The zero-order valence-electron chi connectivity index (χ0n) is 13.5. The fourth-order valence-electron chi connectivity index (χ4n) is 2.58. The molecule has 24 heavy (non-hydrogen) atoms. The van der Waals surface area contributed by atoms with E-state index in [1.807, 2.05) is 12.1 Å². The van der Waals surface area contributed by atoms with Crippen molar-refractivity contribution in [2.45, 2.75) is 6.54 Å². The highest BCUT2D eigenvalue weighted by Gasteiger charge is 2.15. The van der Waals surface area contributed by atoms with E-state index in [-0.39, 0.29) is 17.8 Å². The molecular formula is C18H17N3O3. The first-order valence-corrected chi connectivity index (χ1v) is 7.44. The SMILES string of the molecule is C=CCn1c(=O)c(N=CN(C)C)cc2c(=O)oc3ccccc3c21. The van der Waals surface area contributed by atoms with E-state index in [2.05, 4.69) is 11.6 Å². The summed E-state index contributed by atoms with van der Waals surface area (Å²) in [5, 5.41) is 1.02. The third-order valence-corrected chi connectivity index (χ3v) is 3.57. The van der Waals surface area contributed by atoms with Gasteiger partial charge in [-0.1, -0.05) is 18.2 Å². The van der Waals surface area contributed by atoms with Crippen LogP contribution in [0.3, 0.4) is 0 Å². The number of fused-ring (bicyclic) bond motifs is 3. The molecule has 0 fully saturated rings. The average molecular weight is 323 g/mol. The van der Waals surface area contributed by atoms with Crippen molar-refractivity contribution in [3.05, 3.63) is 63.8 Å². The third-order valence-electron chi connectivity index (χ3n) is 3.57. The second-order valence-electron chi connectivity index (χ2n) is 5.59. The molecular weight excluding hydrogens is 306 g/mol. The minimum absolute atomic E-state index is 0.181. The van der Waals surface area contributed by atoms with Crippen LogP contribution in [0.5, 0.6) is 0 Å². The molecule has 0 aliphatic carbocycles. The standard InChI is InChI=1S/C18H17N3O3/c1-4-9-21-16-12-7-5-6-8-15(12)24-18(23)13(16)10-14(17(21)22)19-11-20(2)3/h4-8,10-11H,1,9H2,2-3H3. The number of pyridine rings is 1. The van der Waals surface area contributed by atoms with Crippen LogP contribution >= 0.6 is 0 Å². The highest BCUT2D eigenvalue weighted by molar-refractivity contribution is 6.02. The van der Waals surface area contributed by atoms with Crippen molar-refractivity contribution >= 4 is 33.9 Å². The van der Waals surface area contributed by atoms with E-state index in [4.69, 9.17) is 4.42 Å². The van der Waals surface area contributed by atoms with Crippen LogP contribution < -0.4 is 11.2 Å². The Bertz CT molecular complexity index is 1070. The molecule has 0 N–H and O–H groups in total. The van der Waals surface area contributed by atoms with Gasteiger partial charge in [0.1, 0.15) is 11.3 Å². The zero-order chi connectivity index (χ0) is 17.3. The highest BCUT2D eigenvalue weighted by Crippen LogP contribution is 2.24. The third kappa shape index (κ3) is 2.62. The Labute approximate surface area is 138 Å². The number of hydrogen-bond acceptors (Lipinski definition) is 4. The molecule has 0 saturated heterocycles. The summed E-state index contributed by atoms with van der Waals surface area (Å²) in [5.74, 6) is 0. The second kappa shape index (κ2) is 6.16. The number of benzene rings is 1. The first-order chi connectivity index (χ1) is 11.5. The molecule has 0 bridgehead atoms. The van der Waals surface area contributed by atoms with Crippen LogP contribution in [0, 0.1) is 0 Å². The highest BCUT2D eigenvalue weighted by atomic mass is 16.4. The van der Waals surface area contributed by atoms with Crippen molar-refractivity contribution in [1.82, 2.24) is 9.47 Å². The van der Waals surface area contributed by atoms with Crippen molar-refractivity contribution in [2.75, 3.05) is 14.1 Å². The van der Waals surface area contributed by atoms with Gasteiger partial charge in [0.15, 0.2) is 0 Å². The largest absolute Gasteiger partial charge is 0.422 e. The van der Waals surface area contributed by atoms with Gasteiger partial charge >= 0.3 is 5.63 Å². The van der Waals surface area contributed by atoms with Gasteiger partial charge in [0.2, 0.25) is 0 Å². The molecule has 0 atom stereocenters. The number of aliphatic imine (C=N–C) groups is 1. The van der Waals surface area contributed by atoms with Gasteiger partial charge in [-0.15, -0.1) is 6.58 Å². The van der Waals surface area contributed by atoms with Crippen LogP contribution in [0.25, 0.3) is 21.9 Å². The van der Waals surface area contributed by atoms with Crippen molar-refractivity contribution < 1.29 is 4.42 Å². The molecule has 0 amide bonds. The van der Waals surface area contributed by atoms with Gasteiger partial charge in [-0.25, -0.2) is 9.79 Å². The van der Waals surface area contributed by atoms with E-state index in [1.54, 1.807) is 37.2 Å². The molecule has 1 aromatic carbocycles. The van der Waals surface area contributed by atoms with Crippen LogP contribution in [-0.2, 0) is 6.54 Å². The summed E-state index contributed by atoms with van der Waals surface area (Å²) in [6.07, 6.45) is 3.13. The normalized spacial score (nSPS) is 11.4. The Balaban J connectivity index is 2.50. The summed E-state index contributed by atoms with van der Waals surface area (Å²) < 4.78 is 6.87. The number of hydrogen-bond donors (Lipinski definition) is 0. The second-order valence-corrected chi connectivity index (χ2v) is 5.59. The van der Waals surface area contributed by atoms with E-state index < -0.39 is 5.63 Å². The van der Waals surface area contributed by atoms with E-state index in [9.17, 15) is 9.59 Å². The summed E-state index contributed by atoms with van der Waals surface area (Å²) >= 11 is 0. The lowest BCUT2D eigenvalue weighted by molar-refractivity contribution is 0.568. The molecule has 0 aliphatic rings. The Morgan fingerprint density at radius 3 is 2.71 bits per heavy atom. The number of nitrogens with zero attached hydrogens (tertiary/aromatic N) is 3. The summed E-state index contributed by atoms with van der Waals surface area (Å²) in [5.41, 5.74) is 0.381. The van der Waals surface area contributed by atoms with Gasteiger partial charge in [0, 0.05) is 26.0 Å². The lowest BCUT2D eigenvalue weighted by atomic mass is 10.1. The first-order valence-electron chi connectivity index (χ1n) is 7.44. The van der Waals surface area contributed by atoms with Crippen molar-refractivity contribution in [1.29, 1.82) is 0 Å². The van der Waals surface area contributed by atoms with Crippen LogP contribution in [-0.4, -0.2) is 29.9 Å². The smallest absolute Gasteiger partial charge is 0.345 e.